The number of benzene rings is 1. The Labute approximate surface area is 176 Å². The first-order chi connectivity index (χ1) is 14.3. The van der Waals surface area contributed by atoms with Crippen LogP contribution < -0.4 is 4.90 Å². The third-order valence-corrected chi connectivity index (χ3v) is 6.08. The standard InChI is InChI=1S/C22H18F3N3OS/c1-28-19-6-4-15(10-16(19)5-7-20(28)29)17-9-14(11-26-12-17)13-30-21-18(22(23,24)25)3-2-8-27-21/h2-4,6,8-12H,5,7,13H2,1H3. The highest BCUT2D eigenvalue weighted by molar-refractivity contribution is 7.98. The number of alkyl halides is 3. The summed E-state index contributed by atoms with van der Waals surface area (Å²) in [6.07, 6.45) is 1.48. The fraction of sp³-hybridized carbons (Fsp3) is 0.227. The van der Waals surface area contributed by atoms with Crippen molar-refractivity contribution >= 4 is 23.4 Å². The van der Waals surface area contributed by atoms with Crippen LogP contribution >= 0.6 is 11.8 Å². The van der Waals surface area contributed by atoms with E-state index in [1.165, 1.54) is 12.3 Å². The number of pyridine rings is 2. The maximum atomic E-state index is 13.2. The van der Waals surface area contributed by atoms with Crippen molar-refractivity contribution in [3.63, 3.8) is 0 Å². The molecule has 0 saturated heterocycles. The fourth-order valence-corrected chi connectivity index (χ4v) is 4.37. The molecule has 1 aromatic carbocycles. The number of nitrogens with zero attached hydrogens (tertiary/aromatic N) is 3. The molecular weight excluding hydrogens is 411 g/mol. The number of carbonyl (C=O) groups is 1. The van der Waals surface area contributed by atoms with Crippen LogP contribution in [0.1, 0.15) is 23.1 Å². The smallest absolute Gasteiger partial charge is 0.315 e. The molecule has 0 radical (unpaired) electrons. The second-order valence-electron chi connectivity index (χ2n) is 7.02. The lowest BCUT2D eigenvalue weighted by Crippen LogP contribution is -2.30. The van der Waals surface area contributed by atoms with E-state index in [-0.39, 0.29) is 10.9 Å². The molecule has 3 aromatic rings. The molecule has 0 N–H and O–H groups in total. The molecule has 4 rings (SSSR count). The van der Waals surface area contributed by atoms with Crippen LogP contribution in [-0.2, 0) is 23.1 Å². The molecule has 0 saturated carbocycles. The van der Waals surface area contributed by atoms with Crippen LogP contribution in [0.2, 0.25) is 0 Å². The van der Waals surface area contributed by atoms with E-state index < -0.39 is 11.7 Å². The average molecular weight is 429 g/mol. The largest absolute Gasteiger partial charge is 0.419 e. The van der Waals surface area contributed by atoms with Crippen LogP contribution in [0, 0.1) is 0 Å². The number of hydrogen-bond donors (Lipinski definition) is 0. The molecular formula is C22H18F3N3OS. The van der Waals surface area contributed by atoms with Gasteiger partial charge in [-0.25, -0.2) is 4.98 Å². The van der Waals surface area contributed by atoms with E-state index in [2.05, 4.69) is 9.97 Å². The number of rotatable bonds is 4. The Morgan fingerprint density at radius 1 is 1.10 bits per heavy atom. The molecule has 2 aromatic heterocycles. The van der Waals surface area contributed by atoms with Gasteiger partial charge in [-0.05, 0) is 53.4 Å². The summed E-state index contributed by atoms with van der Waals surface area (Å²) in [6.45, 7) is 0. The van der Waals surface area contributed by atoms with E-state index in [4.69, 9.17) is 0 Å². The molecule has 1 amide bonds. The second-order valence-corrected chi connectivity index (χ2v) is 7.98. The maximum Gasteiger partial charge on any atom is 0.419 e. The van der Waals surface area contributed by atoms with Crippen molar-refractivity contribution in [3.05, 3.63) is 71.7 Å². The van der Waals surface area contributed by atoms with Gasteiger partial charge in [0, 0.05) is 49.1 Å². The molecule has 3 heterocycles. The van der Waals surface area contributed by atoms with Gasteiger partial charge >= 0.3 is 6.18 Å². The molecule has 0 atom stereocenters. The monoisotopic (exact) mass is 429 g/mol. The van der Waals surface area contributed by atoms with Crippen LogP contribution in [-0.4, -0.2) is 22.9 Å². The summed E-state index contributed by atoms with van der Waals surface area (Å²) in [7, 11) is 1.77. The molecule has 8 heteroatoms. The van der Waals surface area contributed by atoms with Crippen molar-refractivity contribution in [1.29, 1.82) is 0 Å². The first-order valence-corrected chi connectivity index (χ1v) is 10.3. The molecule has 0 bridgehead atoms. The summed E-state index contributed by atoms with van der Waals surface area (Å²) < 4.78 is 39.5. The Morgan fingerprint density at radius 2 is 1.93 bits per heavy atom. The molecule has 1 aliphatic heterocycles. The summed E-state index contributed by atoms with van der Waals surface area (Å²) in [5, 5.41) is -0.0445. The number of anilines is 1. The van der Waals surface area contributed by atoms with Crippen LogP contribution in [0.15, 0.2) is 60.0 Å². The second kappa shape index (κ2) is 8.10. The van der Waals surface area contributed by atoms with Crippen LogP contribution in [0.4, 0.5) is 18.9 Å². The molecule has 0 unspecified atom stereocenters. The van der Waals surface area contributed by atoms with Crippen LogP contribution in [0.5, 0.6) is 0 Å². The van der Waals surface area contributed by atoms with Crippen molar-refractivity contribution < 1.29 is 18.0 Å². The van der Waals surface area contributed by atoms with E-state index >= 15 is 0 Å². The summed E-state index contributed by atoms with van der Waals surface area (Å²) in [4.78, 5) is 21.7. The number of aryl methyl sites for hydroxylation is 1. The van der Waals surface area contributed by atoms with Gasteiger partial charge in [-0.1, -0.05) is 6.07 Å². The number of carbonyl (C=O) groups excluding carboxylic acids is 1. The number of thioether (sulfide) groups is 1. The first kappa shape index (κ1) is 20.4. The third kappa shape index (κ3) is 4.18. The molecule has 1 aliphatic rings. The zero-order chi connectivity index (χ0) is 21.3. The fourth-order valence-electron chi connectivity index (χ4n) is 3.43. The molecule has 0 fully saturated rings. The lowest BCUT2D eigenvalue weighted by molar-refractivity contribution is -0.140. The van der Waals surface area contributed by atoms with Gasteiger partial charge in [0.15, 0.2) is 0 Å². The first-order valence-electron chi connectivity index (χ1n) is 9.32. The van der Waals surface area contributed by atoms with E-state index in [0.29, 0.717) is 18.6 Å². The Kier molecular flexibility index (Phi) is 5.51. The Balaban J connectivity index is 1.55. The van der Waals surface area contributed by atoms with Crippen molar-refractivity contribution in [3.8, 4) is 11.1 Å². The summed E-state index contributed by atoms with van der Waals surface area (Å²) >= 11 is 1.04. The van der Waals surface area contributed by atoms with Gasteiger partial charge in [0.05, 0.1) is 5.56 Å². The minimum absolute atomic E-state index is 0.0445. The Hall–Kier alpha value is -2.87. The van der Waals surface area contributed by atoms with Gasteiger partial charge in [-0.3, -0.25) is 9.78 Å². The highest BCUT2D eigenvalue weighted by atomic mass is 32.2. The molecule has 4 nitrogen and oxygen atoms in total. The predicted octanol–water partition coefficient (Wildman–Crippen LogP) is 5.36. The summed E-state index contributed by atoms with van der Waals surface area (Å²) in [5.74, 6) is 0.423. The van der Waals surface area contributed by atoms with Gasteiger partial charge in [-0.2, -0.15) is 13.2 Å². The Bertz CT molecular complexity index is 1100. The van der Waals surface area contributed by atoms with E-state index in [1.807, 2.05) is 24.3 Å². The Morgan fingerprint density at radius 3 is 2.73 bits per heavy atom. The normalized spacial score (nSPS) is 14.0. The lowest BCUT2D eigenvalue weighted by Gasteiger charge is -2.26. The van der Waals surface area contributed by atoms with Crippen molar-refractivity contribution in [2.24, 2.45) is 0 Å². The van der Waals surface area contributed by atoms with E-state index in [1.54, 1.807) is 24.3 Å². The lowest BCUT2D eigenvalue weighted by atomic mass is 9.96. The maximum absolute atomic E-state index is 13.2. The number of aromatic nitrogens is 2. The van der Waals surface area contributed by atoms with Crippen molar-refractivity contribution in [2.45, 2.75) is 29.8 Å². The quantitative estimate of drug-likeness (QED) is 0.524. The predicted molar refractivity (Wildman–Crippen MR) is 110 cm³/mol. The molecule has 30 heavy (non-hydrogen) atoms. The number of hydrogen-bond acceptors (Lipinski definition) is 4. The van der Waals surface area contributed by atoms with Gasteiger partial charge < -0.3 is 4.90 Å². The average Bonchev–Trinajstić information content (AvgIpc) is 2.74. The minimum atomic E-state index is -4.44. The number of amides is 1. The zero-order valence-corrected chi connectivity index (χ0v) is 16.9. The molecule has 0 spiro atoms. The highest BCUT2D eigenvalue weighted by Gasteiger charge is 2.34. The van der Waals surface area contributed by atoms with Gasteiger partial charge in [0.1, 0.15) is 5.03 Å². The highest BCUT2D eigenvalue weighted by Crippen LogP contribution is 2.37. The zero-order valence-electron chi connectivity index (χ0n) is 16.1. The summed E-state index contributed by atoms with van der Waals surface area (Å²) in [6, 6.07) is 10.2. The van der Waals surface area contributed by atoms with Gasteiger partial charge in [0.25, 0.3) is 0 Å². The number of halogens is 3. The number of fused-ring (bicyclic) bond motifs is 1. The van der Waals surface area contributed by atoms with E-state index in [9.17, 15) is 18.0 Å². The molecule has 154 valence electrons. The topological polar surface area (TPSA) is 46.1 Å². The summed E-state index contributed by atoms with van der Waals surface area (Å²) in [5.41, 5.74) is 3.92. The van der Waals surface area contributed by atoms with Crippen molar-refractivity contribution in [2.75, 3.05) is 11.9 Å². The third-order valence-electron chi connectivity index (χ3n) is 5.00. The minimum Gasteiger partial charge on any atom is -0.315 e. The van der Waals surface area contributed by atoms with Crippen LogP contribution in [0.25, 0.3) is 11.1 Å². The molecule has 0 aliphatic carbocycles. The SMILES string of the molecule is CN1C(=O)CCc2cc(-c3cncc(CSc4ncccc4C(F)(F)F)c3)ccc21. The van der Waals surface area contributed by atoms with Gasteiger partial charge in [0.2, 0.25) is 5.91 Å². The van der Waals surface area contributed by atoms with Crippen LogP contribution in [0.3, 0.4) is 0 Å². The van der Waals surface area contributed by atoms with Crippen molar-refractivity contribution in [1.82, 2.24) is 9.97 Å². The van der Waals surface area contributed by atoms with E-state index in [0.717, 1.165) is 45.8 Å². The van der Waals surface area contributed by atoms with Gasteiger partial charge in [-0.15, -0.1) is 11.8 Å².